The van der Waals surface area contributed by atoms with E-state index >= 15 is 0 Å². The first-order valence-corrected chi connectivity index (χ1v) is 8.44. The lowest BCUT2D eigenvalue weighted by Crippen LogP contribution is -2.37. The summed E-state index contributed by atoms with van der Waals surface area (Å²) in [5, 5.41) is 3.25. The number of aryl methyl sites for hydroxylation is 1. The normalized spacial score (nSPS) is 20.4. The van der Waals surface area contributed by atoms with Crippen LogP contribution in [0.3, 0.4) is 0 Å². The van der Waals surface area contributed by atoms with E-state index in [4.69, 9.17) is 0 Å². The largest absolute Gasteiger partial charge is 0.316 e. The van der Waals surface area contributed by atoms with Crippen LogP contribution in [0.5, 0.6) is 0 Å². The maximum Gasteiger partial charge on any atom is 0.212 e. The highest BCUT2D eigenvalue weighted by Gasteiger charge is 2.20. The van der Waals surface area contributed by atoms with Crippen LogP contribution < -0.4 is 10.0 Å². The molecule has 0 amide bonds. The van der Waals surface area contributed by atoms with Crippen molar-refractivity contribution in [1.82, 2.24) is 10.0 Å². The third kappa shape index (κ3) is 4.93. The fourth-order valence-electron chi connectivity index (χ4n) is 2.45. The van der Waals surface area contributed by atoms with E-state index in [9.17, 15) is 8.42 Å². The first-order valence-electron chi connectivity index (χ1n) is 6.79. The van der Waals surface area contributed by atoms with Gasteiger partial charge in [-0.3, -0.25) is 0 Å². The van der Waals surface area contributed by atoms with Crippen LogP contribution in [0.15, 0.2) is 24.3 Å². The molecule has 0 aliphatic carbocycles. The predicted octanol–water partition coefficient (Wildman–Crippen LogP) is 1.41. The van der Waals surface area contributed by atoms with Crippen molar-refractivity contribution < 1.29 is 8.42 Å². The van der Waals surface area contributed by atoms with E-state index in [-0.39, 0.29) is 11.7 Å². The molecule has 1 atom stereocenters. The van der Waals surface area contributed by atoms with Crippen molar-refractivity contribution in [3.63, 3.8) is 0 Å². The first-order chi connectivity index (χ1) is 9.05. The molecule has 4 nitrogen and oxygen atoms in total. The molecule has 1 aromatic carbocycles. The van der Waals surface area contributed by atoms with Crippen molar-refractivity contribution in [1.29, 1.82) is 0 Å². The zero-order valence-electron chi connectivity index (χ0n) is 11.4. The van der Waals surface area contributed by atoms with E-state index in [0.717, 1.165) is 37.1 Å². The fourth-order valence-corrected chi connectivity index (χ4v) is 3.86. The molecule has 19 heavy (non-hydrogen) atoms. The Kier molecular flexibility index (Phi) is 4.96. The monoisotopic (exact) mass is 282 g/mol. The smallest absolute Gasteiger partial charge is 0.212 e. The molecule has 2 N–H and O–H groups in total. The molecule has 1 fully saturated rings. The maximum atomic E-state index is 12.0. The molecule has 1 aliphatic heterocycles. The van der Waals surface area contributed by atoms with Crippen LogP contribution in [0.1, 0.15) is 24.0 Å². The minimum Gasteiger partial charge on any atom is -0.316 e. The van der Waals surface area contributed by atoms with Gasteiger partial charge in [-0.05, 0) is 44.3 Å². The number of hydrogen-bond acceptors (Lipinski definition) is 3. The lowest BCUT2D eigenvalue weighted by atomic mass is 10.0. The average Bonchev–Trinajstić information content (AvgIpc) is 2.37. The molecule has 1 aliphatic rings. The first kappa shape index (κ1) is 14.5. The number of rotatable bonds is 5. The quantitative estimate of drug-likeness (QED) is 0.858. The number of sulfonamides is 1. The molecule has 1 aromatic rings. The second-order valence-corrected chi connectivity index (χ2v) is 7.16. The second kappa shape index (κ2) is 6.50. The number of hydrogen-bond donors (Lipinski definition) is 2. The van der Waals surface area contributed by atoms with Crippen LogP contribution in [-0.2, 0) is 16.6 Å². The molecule has 1 heterocycles. The molecule has 0 bridgehead atoms. The van der Waals surface area contributed by atoms with Gasteiger partial charge in [0.25, 0.3) is 0 Å². The van der Waals surface area contributed by atoms with Crippen LogP contribution in [0, 0.1) is 12.8 Å². The van der Waals surface area contributed by atoms with Crippen molar-refractivity contribution in [2.45, 2.75) is 26.3 Å². The van der Waals surface area contributed by atoms with Gasteiger partial charge in [0.05, 0.1) is 5.75 Å². The van der Waals surface area contributed by atoms with Gasteiger partial charge in [-0.2, -0.15) is 0 Å². The van der Waals surface area contributed by atoms with Gasteiger partial charge in [-0.1, -0.05) is 29.8 Å². The molecule has 0 aromatic heterocycles. The number of nitrogens with one attached hydrogen (secondary N) is 2. The lowest BCUT2D eigenvalue weighted by Gasteiger charge is -2.22. The van der Waals surface area contributed by atoms with Gasteiger partial charge in [0, 0.05) is 6.54 Å². The van der Waals surface area contributed by atoms with Crippen molar-refractivity contribution in [3.8, 4) is 0 Å². The summed E-state index contributed by atoms with van der Waals surface area (Å²) >= 11 is 0. The zero-order valence-corrected chi connectivity index (χ0v) is 12.2. The van der Waals surface area contributed by atoms with E-state index in [1.54, 1.807) is 0 Å². The van der Waals surface area contributed by atoms with E-state index in [1.165, 1.54) is 0 Å². The highest BCUT2D eigenvalue weighted by atomic mass is 32.2. The number of benzene rings is 1. The Hall–Kier alpha value is -0.910. The van der Waals surface area contributed by atoms with Crippen LogP contribution in [0.2, 0.25) is 0 Å². The Morgan fingerprint density at radius 3 is 2.95 bits per heavy atom. The third-order valence-electron chi connectivity index (χ3n) is 3.43. The Balaban J connectivity index is 1.86. The minimum atomic E-state index is -3.18. The summed E-state index contributed by atoms with van der Waals surface area (Å²) in [6.45, 7) is 4.20. The van der Waals surface area contributed by atoms with E-state index in [0.29, 0.717) is 6.54 Å². The topological polar surface area (TPSA) is 58.2 Å². The molecule has 1 unspecified atom stereocenters. The van der Waals surface area contributed by atoms with Gasteiger partial charge in [0.1, 0.15) is 0 Å². The van der Waals surface area contributed by atoms with Crippen LogP contribution >= 0.6 is 0 Å². The summed E-state index contributed by atoms with van der Waals surface area (Å²) in [4.78, 5) is 0. The van der Waals surface area contributed by atoms with E-state index < -0.39 is 10.0 Å². The Morgan fingerprint density at radius 2 is 2.26 bits per heavy atom. The number of piperidine rings is 1. The standard InChI is InChI=1S/C14H22N2O2S/c1-12-4-2-5-13(8-12)10-16-19(17,18)11-14-6-3-7-15-9-14/h2,4-5,8,14-16H,3,6-7,9-11H2,1H3. The zero-order chi connectivity index (χ0) is 13.7. The van der Waals surface area contributed by atoms with Crippen molar-refractivity contribution in [2.75, 3.05) is 18.8 Å². The van der Waals surface area contributed by atoms with E-state index in [2.05, 4.69) is 10.0 Å². The average molecular weight is 282 g/mol. The van der Waals surface area contributed by atoms with Crippen LogP contribution in [-0.4, -0.2) is 27.3 Å². The Bertz CT molecular complexity index is 508. The molecule has 106 valence electrons. The Morgan fingerprint density at radius 1 is 1.42 bits per heavy atom. The minimum absolute atomic E-state index is 0.228. The molecular weight excluding hydrogens is 260 g/mol. The van der Waals surface area contributed by atoms with Crippen molar-refractivity contribution >= 4 is 10.0 Å². The van der Waals surface area contributed by atoms with Gasteiger partial charge in [0.2, 0.25) is 10.0 Å². The van der Waals surface area contributed by atoms with Gasteiger partial charge >= 0.3 is 0 Å². The van der Waals surface area contributed by atoms with Crippen LogP contribution in [0.25, 0.3) is 0 Å². The van der Waals surface area contributed by atoms with Gasteiger partial charge in [-0.25, -0.2) is 13.1 Å². The molecule has 0 saturated carbocycles. The summed E-state index contributed by atoms with van der Waals surface area (Å²) in [5.41, 5.74) is 2.15. The predicted molar refractivity (Wildman–Crippen MR) is 77.4 cm³/mol. The third-order valence-corrected chi connectivity index (χ3v) is 4.93. The molecular formula is C14H22N2O2S. The molecule has 1 saturated heterocycles. The molecule has 0 radical (unpaired) electrons. The second-order valence-electron chi connectivity index (χ2n) is 5.30. The maximum absolute atomic E-state index is 12.0. The van der Waals surface area contributed by atoms with Crippen molar-refractivity contribution in [2.24, 2.45) is 5.92 Å². The van der Waals surface area contributed by atoms with Gasteiger partial charge in [0.15, 0.2) is 0 Å². The summed E-state index contributed by atoms with van der Waals surface area (Å²) < 4.78 is 26.7. The summed E-state index contributed by atoms with van der Waals surface area (Å²) in [7, 11) is -3.18. The van der Waals surface area contributed by atoms with Gasteiger partial charge in [-0.15, -0.1) is 0 Å². The highest BCUT2D eigenvalue weighted by molar-refractivity contribution is 7.89. The molecule has 5 heteroatoms. The summed E-state index contributed by atoms with van der Waals surface area (Å²) in [6, 6.07) is 7.90. The SMILES string of the molecule is Cc1cccc(CNS(=O)(=O)CC2CCCNC2)c1. The summed E-state index contributed by atoms with van der Waals surface area (Å²) in [6.07, 6.45) is 2.07. The van der Waals surface area contributed by atoms with E-state index in [1.807, 2.05) is 31.2 Å². The lowest BCUT2D eigenvalue weighted by molar-refractivity contribution is 0.402. The molecule has 2 rings (SSSR count). The highest BCUT2D eigenvalue weighted by Crippen LogP contribution is 2.12. The van der Waals surface area contributed by atoms with Crippen molar-refractivity contribution in [3.05, 3.63) is 35.4 Å². The Labute approximate surface area is 115 Å². The fraction of sp³-hybridized carbons (Fsp3) is 0.571. The molecule has 0 spiro atoms. The van der Waals surface area contributed by atoms with Gasteiger partial charge < -0.3 is 5.32 Å². The summed E-state index contributed by atoms with van der Waals surface area (Å²) in [5.74, 6) is 0.468. The van der Waals surface area contributed by atoms with Crippen LogP contribution in [0.4, 0.5) is 0 Å².